The lowest BCUT2D eigenvalue weighted by Crippen LogP contribution is -2.44. The van der Waals surface area contributed by atoms with Crippen LogP contribution < -0.4 is 0 Å². The van der Waals surface area contributed by atoms with Gasteiger partial charge in [0.1, 0.15) is 5.60 Å². The third-order valence-electron chi connectivity index (χ3n) is 3.86. The molecule has 2 unspecified atom stereocenters. The summed E-state index contributed by atoms with van der Waals surface area (Å²) in [6.07, 6.45) is 0.707. The van der Waals surface area contributed by atoms with Gasteiger partial charge in [-0.25, -0.2) is 4.79 Å². The molecule has 0 aromatic rings. The zero-order valence-corrected chi connectivity index (χ0v) is 10.8. The molecule has 0 radical (unpaired) electrons. The van der Waals surface area contributed by atoms with Crippen molar-refractivity contribution in [2.24, 2.45) is 0 Å². The first-order valence-electron chi connectivity index (χ1n) is 5.59. The Kier molecular flexibility index (Phi) is 2.07. The van der Waals surface area contributed by atoms with Crippen LogP contribution in [-0.4, -0.2) is 35.5 Å². The van der Waals surface area contributed by atoms with Gasteiger partial charge in [0, 0.05) is 6.42 Å². The van der Waals surface area contributed by atoms with E-state index < -0.39 is 16.8 Å². The average molecular weight is 228 g/mol. The van der Waals surface area contributed by atoms with Gasteiger partial charge in [-0.15, -0.1) is 0 Å². The minimum atomic E-state index is -0.862. The Morgan fingerprint density at radius 2 is 1.69 bits per heavy atom. The number of carbonyl (C=O) groups excluding carboxylic acids is 1. The van der Waals surface area contributed by atoms with Crippen LogP contribution in [0, 0.1) is 0 Å². The van der Waals surface area contributed by atoms with Gasteiger partial charge in [-0.3, -0.25) is 0 Å². The summed E-state index contributed by atoms with van der Waals surface area (Å²) in [6, 6.07) is 0. The Morgan fingerprint density at radius 1 is 1.12 bits per heavy atom. The van der Waals surface area contributed by atoms with Gasteiger partial charge in [0.25, 0.3) is 0 Å². The van der Waals surface area contributed by atoms with E-state index in [9.17, 15) is 4.79 Å². The number of methoxy groups -OCH3 is 1. The van der Waals surface area contributed by atoms with E-state index in [0.29, 0.717) is 6.42 Å². The highest BCUT2D eigenvalue weighted by atomic mass is 16.7. The number of epoxide rings is 1. The van der Waals surface area contributed by atoms with Crippen molar-refractivity contribution in [1.29, 1.82) is 0 Å². The maximum atomic E-state index is 11.8. The quantitative estimate of drug-likeness (QED) is 0.506. The third kappa shape index (κ3) is 1.20. The average Bonchev–Trinajstić information content (AvgIpc) is 2.64. The Balaban J connectivity index is 2.34. The normalized spacial score (nSPS) is 43.4. The summed E-state index contributed by atoms with van der Waals surface area (Å²) >= 11 is 0. The molecule has 0 aromatic heterocycles. The molecule has 0 N–H and O–H groups in total. The van der Waals surface area contributed by atoms with E-state index in [1.165, 1.54) is 7.11 Å². The first kappa shape index (κ1) is 11.9. The molecule has 2 heterocycles. The standard InChI is InChI=1S/C12H20O4/c1-9(2)7-12(10(3,4)15-9)11(5,16-12)8(13)14-6/h7H2,1-6H3. The van der Waals surface area contributed by atoms with Crippen LogP contribution in [0.2, 0.25) is 0 Å². The Morgan fingerprint density at radius 3 is 2.06 bits per heavy atom. The van der Waals surface area contributed by atoms with Gasteiger partial charge in [0.2, 0.25) is 0 Å². The summed E-state index contributed by atoms with van der Waals surface area (Å²) in [4.78, 5) is 11.8. The van der Waals surface area contributed by atoms with E-state index in [1.54, 1.807) is 6.92 Å². The molecular weight excluding hydrogens is 208 g/mol. The van der Waals surface area contributed by atoms with Gasteiger partial charge in [-0.05, 0) is 34.6 Å². The van der Waals surface area contributed by atoms with Crippen molar-refractivity contribution in [2.75, 3.05) is 7.11 Å². The maximum absolute atomic E-state index is 11.8. The molecule has 16 heavy (non-hydrogen) atoms. The second kappa shape index (κ2) is 2.79. The first-order chi connectivity index (χ1) is 7.10. The molecule has 2 aliphatic rings. The fourth-order valence-corrected chi connectivity index (χ4v) is 3.25. The molecule has 2 atom stereocenters. The van der Waals surface area contributed by atoms with Crippen molar-refractivity contribution in [3.05, 3.63) is 0 Å². The Bertz CT molecular complexity index is 347. The smallest absolute Gasteiger partial charge is 0.341 e. The van der Waals surface area contributed by atoms with Gasteiger partial charge in [-0.2, -0.15) is 0 Å². The lowest BCUT2D eigenvalue weighted by atomic mass is 9.78. The van der Waals surface area contributed by atoms with Gasteiger partial charge >= 0.3 is 5.97 Å². The molecule has 1 spiro atoms. The van der Waals surface area contributed by atoms with Crippen LogP contribution >= 0.6 is 0 Å². The van der Waals surface area contributed by atoms with E-state index >= 15 is 0 Å². The SMILES string of the molecule is COC(=O)C1(C)OC12CC(C)(C)OC2(C)C. The molecule has 0 saturated carbocycles. The largest absolute Gasteiger partial charge is 0.467 e. The van der Waals surface area contributed by atoms with Crippen molar-refractivity contribution in [1.82, 2.24) is 0 Å². The number of carbonyl (C=O) groups is 1. The predicted octanol–water partition coefficient (Wildman–Crippen LogP) is 1.66. The van der Waals surface area contributed by atoms with Crippen LogP contribution in [0.15, 0.2) is 0 Å². The van der Waals surface area contributed by atoms with E-state index in [-0.39, 0.29) is 11.6 Å². The number of hydrogen-bond acceptors (Lipinski definition) is 4. The molecule has 2 saturated heterocycles. The molecule has 0 aromatic carbocycles. The molecule has 2 rings (SSSR count). The highest BCUT2D eigenvalue weighted by molar-refractivity contribution is 5.85. The molecule has 0 amide bonds. The topological polar surface area (TPSA) is 48.1 Å². The predicted molar refractivity (Wildman–Crippen MR) is 58.1 cm³/mol. The molecule has 2 aliphatic heterocycles. The van der Waals surface area contributed by atoms with Crippen LogP contribution in [0.5, 0.6) is 0 Å². The van der Waals surface area contributed by atoms with Crippen LogP contribution in [0.3, 0.4) is 0 Å². The van der Waals surface area contributed by atoms with Gasteiger partial charge in [0.15, 0.2) is 5.60 Å². The minimum absolute atomic E-state index is 0.269. The van der Waals surface area contributed by atoms with E-state index in [4.69, 9.17) is 14.2 Å². The van der Waals surface area contributed by atoms with Crippen LogP contribution in [0.1, 0.15) is 41.0 Å². The monoisotopic (exact) mass is 228 g/mol. The summed E-state index contributed by atoms with van der Waals surface area (Å²) in [5.74, 6) is -0.318. The Labute approximate surface area is 96.2 Å². The van der Waals surface area contributed by atoms with Crippen molar-refractivity contribution in [3.8, 4) is 0 Å². The molecule has 0 aliphatic carbocycles. The van der Waals surface area contributed by atoms with Gasteiger partial charge in [-0.1, -0.05) is 0 Å². The Hall–Kier alpha value is -0.610. The maximum Gasteiger partial charge on any atom is 0.341 e. The molecule has 4 heteroatoms. The van der Waals surface area contributed by atoms with Crippen LogP contribution in [0.4, 0.5) is 0 Å². The van der Waals surface area contributed by atoms with Crippen molar-refractivity contribution in [2.45, 2.75) is 63.4 Å². The first-order valence-corrected chi connectivity index (χ1v) is 5.59. The molecule has 4 nitrogen and oxygen atoms in total. The van der Waals surface area contributed by atoms with Crippen molar-refractivity contribution in [3.63, 3.8) is 0 Å². The van der Waals surface area contributed by atoms with Crippen LogP contribution in [0.25, 0.3) is 0 Å². The van der Waals surface area contributed by atoms with Gasteiger partial charge < -0.3 is 14.2 Å². The minimum Gasteiger partial charge on any atom is -0.467 e. The van der Waals surface area contributed by atoms with E-state index in [2.05, 4.69) is 0 Å². The second-order valence-corrected chi connectivity index (χ2v) is 6.00. The fourth-order valence-electron chi connectivity index (χ4n) is 3.25. The third-order valence-corrected chi connectivity index (χ3v) is 3.86. The summed E-state index contributed by atoms with van der Waals surface area (Å²) in [7, 11) is 1.39. The second-order valence-electron chi connectivity index (χ2n) is 6.00. The number of hydrogen-bond donors (Lipinski definition) is 0. The summed E-state index contributed by atoms with van der Waals surface area (Å²) in [5, 5.41) is 0. The highest BCUT2D eigenvalue weighted by Gasteiger charge is 2.82. The zero-order valence-electron chi connectivity index (χ0n) is 10.8. The summed E-state index contributed by atoms with van der Waals surface area (Å²) in [5.41, 5.74) is -2.15. The van der Waals surface area contributed by atoms with E-state index in [1.807, 2.05) is 27.7 Å². The molecule has 92 valence electrons. The lowest BCUT2D eigenvalue weighted by molar-refractivity contribution is -0.146. The molecule has 2 fully saturated rings. The lowest BCUT2D eigenvalue weighted by Gasteiger charge is -2.26. The van der Waals surface area contributed by atoms with Crippen LogP contribution in [-0.2, 0) is 19.0 Å². The number of rotatable bonds is 1. The zero-order chi connectivity index (χ0) is 12.4. The number of ether oxygens (including phenoxy) is 3. The number of esters is 1. The van der Waals surface area contributed by atoms with Gasteiger partial charge in [0.05, 0.1) is 18.3 Å². The van der Waals surface area contributed by atoms with Crippen molar-refractivity contribution < 1.29 is 19.0 Å². The highest BCUT2D eigenvalue weighted by Crippen LogP contribution is 2.64. The molecule has 0 bridgehead atoms. The van der Waals surface area contributed by atoms with Crippen molar-refractivity contribution >= 4 is 5.97 Å². The summed E-state index contributed by atoms with van der Waals surface area (Å²) < 4.78 is 16.5. The molecular formula is C12H20O4. The fraction of sp³-hybridized carbons (Fsp3) is 0.917. The summed E-state index contributed by atoms with van der Waals surface area (Å²) in [6.45, 7) is 9.75. The van der Waals surface area contributed by atoms with E-state index in [0.717, 1.165) is 0 Å².